The number of guanidine groups is 1. The Bertz CT molecular complexity index is 652. The van der Waals surface area contributed by atoms with Crippen molar-refractivity contribution in [2.75, 3.05) is 54.2 Å². The Hall–Kier alpha value is -1.26. The molecule has 0 saturated carbocycles. The zero-order valence-corrected chi connectivity index (χ0v) is 21.4. The second kappa shape index (κ2) is 14.7. The van der Waals surface area contributed by atoms with Gasteiger partial charge in [0.05, 0.1) is 20.3 Å². The molecule has 1 aromatic rings. The largest absolute Gasteiger partial charge is 0.493 e. The average molecular weight is 535 g/mol. The van der Waals surface area contributed by atoms with Crippen LogP contribution in [0.2, 0.25) is 0 Å². The van der Waals surface area contributed by atoms with Crippen LogP contribution in [0.5, 0.6) is 11.5 Å². The first kappa shape index (κ1) is 26.8. The minimum atomic E-state index is 0. The molecule has 1 aromatic carbocycles. The minimum absolute atomic E-state index is 0. The molecule has 0 aliphatic carbocycles. The van der Waals surface area contributed by atoms with E-state index in [4.69, 9.17) is 23.9 Å². The lowest BCUT2D eigenvalue weighted by molar-refractivity contribution is -0.0318. The first-order valence-electron chi connectivity index (χ1n) is 10.5. The van der Waals surface area contributed by atoms with Crippen molar-refractivity contribution in [1.82, 2.24) is 10.2 Å². The molecule has 1 N–H and O–H groups in total. The van der Waals surface area contributed by atoms with Gasteiger partial charge in [-0.3, -0.25) is 4.99 Å². The van der Waals surface area contributed by atoms with Gasteiger partial charge in [-0.2, -0.15) is 0 Å². The second-order valence-corrected chi connectivity index (χ2v) is 7.26. The molecule has 1 aliphatic heterocycles. The SMILES string of the molecule is CCNC(=NCCCOC1CCOCC1)N(C)Cc1cc(OC)c(OC)cc1C.I. The van der Waals surface area contributed by atoms with Crippen molar-refractivity contribution in [1.29, 1.82) is 0 Å². The summed E-state index contributed by atoms with van der Waals surface area (Å²) >= 11 is 0. The lowest BCUT2D eigenvalue weighted by atomic mass is 10.1. The summed E-state index contributed by atoms with van der Waals surface area (Å²) in [5.41, 5.74) is 2.34. The number of halogens is 1. The van der Waals surface area contributed by atoms with Gasteiger partial charge in [-0.15, -0.1) is 24.0 Å². The van der Waals surface area contributed by atoms with Crippen LogP contribution >= 0.6 is 24.0 Å². The molecule has 0 atom stereocenters. The van der Waals surface area contributed by atoms with Gasteiger partial charge in [0, 0.05) is 46.5 Å². The number of ether oxygens (including phenoxy) is 4. The molecule has 8 heteroatoms. The molecule has 1 heterocycles. The van der Waals surface area contributed by atoms with Gasteiger partial charge in [-0.05, 0) is 56.4 Å². The van der Waals surface area contributed by atoms with Crippen LogP contribution in [-0.4, -0.2) is 71.1 Å². The molecule has 1 saturated heterocycles. The van der Waals surface area contributed by atoms with Crippen LogP contribution in [0.15, 0.2) is 17.1 Å². The molecule has 172 valence electrons. The van der Waals surface area contributed by atoms with E-state index in [0.29, 0.717) is 6.10 Å². The summed E-state index contributed by atoms with van der Waals surface area (Å²) in [4.78, 5) is 6.91. The predicted molar refractivity (Wildman–Crippen MR) is 132 cm³/mol. The van der Waals surface area contributed by atoms with Crippen LogP contribution < -0.4 is 14.8 Å². The molecule has 0 spiro atoms. The zero-order chi connectivity index (χ0) is 21.1. The molecule has 1 aliphatic rings. The van der Waals surface area contributed by atoms with E-state index < -0.39 is 0 Å². The molecule has 0 bridgehead atoms. The van der Waals surface area contributed by atoms with Crippen LogP contribution in [0.25, 0.3) is 0 Å². The highest BCUT2D eigenvalue weighted by Crippen LogP contribution is 2.30. The Morgan fingerprint density at radius 2 is 1.87 bits per heavy atom. The van der Waals surface area contributed by atoms with E-state index in [0.717, 1.165) is 81.7 Å². The van der Waals surface area contributed by atoms with E-state index in [1.54, 1.807) is 14.2 Å². The number of hydrogen-bond acceptors (Lipinski definition) is 5. The molecule has 0 aromatic heterocycles. The molecule has 7 nitrogen and oxygen atoms in total. The number of benzene rings is 1. The van der Waals surface area contributed by atoms with Gasteiger partial charge in [0.2, 0.25) is 0 Å². The van der Waals surface area contributed by atoms with Crippen molar-refractivity contribution < 1.29 is 18.9 Å². The topological polar surface area (TPSA) is 64.6 Å². The van der Waals surface area contributed by atoms with Crippen molar-refractivity contribution in [2.45, 2.75) is 45.8 Å². The molecular weight excluding hydrogens is 497 g/mol. The number of nitrogens with zero attached hydrogens (tertiary/aromatic N) is 2. The Labute approximate surface area is 198 Å². The van der Waals surface area contributed by atoms with E-state index >= 15 is 0 Å². The van der Waals surface area contributed by atoms with E-state index in [1.807, 2.05) is 12.1 Å². The second-order valence-electron chi connectivity index (χ2n) is 7.26. The summed E-state index contributed by atoms with van der Waals surface area (Å²) in [6, 6.07) is 4.05. The Morgan fingerprint density at radius 1 is 1.20 bits per heavy atom. The molecule has 2 rings (SSSR count). The molecule has 30 heavy (non-hydrogen) atoms. The lowest BCUT2D eigenvalue weighted by Crippen LogP contribution is -2.38. The number of hydrogen-bond donors (Lipinski definition) is 1. The van der Waals surface area contributed by atoms with Crippen LogP contribution in [0.3, 0.4) is 0 Å². The molecule has 0 unspecified atom stereocenters. The van der Waals surface area contributed by atoms with E-state index in [2.05, 4.69) is 31.1 Å². The van der Waals surface area contributed by atoms with Crippen molar-refractivity contribution in [3.63, 3.8) is 0 Å². The monoisotopic (exact) mass is 535 g/mol. The number of aliphatic imine (C=N–C) groups is 1. The predicted octanol–water partition coefficient (Wildman–Crippen LogP) is 3.61. The fourth-order valence-corrected chi connectivity index (χ4v) is 3.34. The highest BCUT2D eigenvalue weighted by Gasteiger charge is 2.14. The quantitative estimate of drug-likeness (QED) is 0.214. The summed E-state index contributed by atoms with van der Waals surface area (Å²) in [5, 5.41) is 3.38. The Balaban J connectivity index is 0.00000450. The minimum Gasteiger partial charge on any atom is -0.493 e. The van der Waals surface area contributed by atoms with Crippen molar-refractivity contribution >= 4 is 29.9 Å². The number of aryl methyl sites for hydroxylation is 1. The smallest absolute Gasteiger partial charge is 0.193 e. The normalized spacial score (nSPS) is 14.8. The van der Waals surface area contributed by atoms with Crippen molar-refractivity contribution in [3.05, 3.63) is 23.3 Å². The van der Waals surface area contributed by atoms with Gasteiger partial charge in [-0.25, -0.2) is 0 Å². The average Bonchev–Trinajstić information content (AvgIpc) is 2.74. The maximum absolute atomic E-state index is 5.93. The van der Waals surface area contributed by atoms with Crippen LogP contribution in [0, 0.1) is 6.92 Å². The van der Waals surface area contributed by atoms with Crippen molar-refractivity contribution in [2.24, 2.45) is 4.99 Å². The first-order chi connectivity index (χ1) is 14.1. The summed E-state index contributed by atoms with van der Waals surface area (Å²) in [5.74, 6) is 2.39. The zero-order valence-electron chi connectivity index (χ0n) is 19.0. The maximum Gasteiger partial charge on any atom is 0.193 e. The van der Waals surface area contributed by atoms with Crippen LogP contribution in [0.4, 0.5) is 0 Å². The molecule has 1 fully saturated rings. The third-order valence-electron chi connectivity index (χ3n) is 5.03. The van der Waals surface area contributed by atoms with Crippen LogP contribution in [0.1, 0.15) is 37.3 Å². The van der Waals surface area contributed by atoms with Gasteiger partial charge < -0.3 is 29.2 Å². The summed E-state index contributed by atoms with van der Waals surface area (Å²) in [6.07, 6.45) is 3.25. The summed E-state index contributed by atoms with van der Waals surface area (Å²) in [7, 11) is 5.37. The highest BCUT2D eigenvalue weighted by molar-refractivity contribution is 14.0. The standard InChI is InChI=1S/C22H37N3O4.HI/c1-6-23-22(24-10-7-11-29-19-8-12-28-13-9-19)25(3)16-18-15-21(27-5)20(26-4)14-17(18)2;/h14-15,19H,6-13,16H2,1-5H3,(H,23,24);1H. The highest BCUT2D eigenvalue weighted by atomic mass is 127. The Morgan fingerprint density at radius 3 is 2.50 bits per heavy atom. The molecular formula is C22H38IN3O4. The fraction of sp³-hybridized carbons (Fsp3) is 0.682. The third-order valence-corrected chi connectivity index (χ3v) is 5.03. The molecule has 0 radical (unpaired) electrons. The van der Waals surface area contributed by atoms with Crippen molar-refractivity contribution in [3.8, 4) is 11.5 Å². The summed E-state index contributed by atoms with van der Waals surface area (Å²) in [6.45, 7) is 8.83. The van der Waals surface area contributed by atoms with E-state index in [9.17, 15) is 0 Å². The van der Waals surface area contributed by atoms with Gasteiger partial charge >= 0.3 is 0 Å². The number of methoxy groups -OCH3 is 2. The fourth-order valence-electron chi connectivity index (χ4n) is 3.34. The van der Waals surface area contributed by atoms with Gasteiger partial charge in [-0.1, -0.05) is 0 Å². The van der Waals surface area contributed by atoms with Crippen LogP contribution in [-0.2, 0) is 16.0 Å². The number of nitrogens with one attached hydrogen (secondary N) is 1. The first-order valence-corrected chi connectivity index (χ1v) is 10.5. The van der Waals surface area contributed by atoms with E-state index in [-0.39, 0.29) is 24.0 Å². The third kappa shape index (κ3) is 8.47. The summed E-state index contributed by atoms with van der Waals surface area (Å²) < 4.78 is 22.1. The van der Waals surface area contributed by atoms with Gasteiger partial charge in [0.25, 0.3) is 0 Å². The number of rotatable bonds is 10. The molecule has 0 amide bonds. The Kier molecular flexibility index (Phi) is 13.1. The lowest BCUT2D eigenvalue weighted by Gasteiger charge is -2.24. The van der Waals surface area contributed by atoms with Gasteiger partial charge in [0.1, 0.15) is 0 Å². The van der Waals surface area contributed by atoms with Gasteiger partial charge in [0.15, 0.2) is 17.5 Å². The maximum atomic E-state index is 5.93. The van der Waals surface area contributed by atoms with E-state index in [1.165, 1.54) is 5.56 Å².